The Bertz CT molecular complexity index is 368. The van der Waals surface area contributed by atoms with Gasteiger partial charge in [0.15, 0.2) is 0 Å². The lowest BCUT2D eigenvalue weighted by Crippen LogP contribution is -1.93. The summed E-state index contributed by atoms with van der Waals surface area (Å²) in [6.07, 6.45) is 3.41. The Morgan fingerprint density at radius 2 is 2.42 bits per heavy atom. The van der Waals surface area contributed by atoms with Gasteiger partial charge in [-0.1, -0.05) is 0 Å². The van der Waals surface area contributed by atoms with Crippen molar-refractivity contribution in [1.29, 1.82) is 0 Å². The quantitative estimate of drug-likeness (QED) is 0.623. The summed E-state index contributed by atoms with van der Waals surface area (Å²) in [4.78, 5) is 0. The molecule has 0 amide bonds. The van der Waals surface area contributed by atoms with E-state index < -0.39 is 0 Å². The first-order chi connectivity index (χ1) is 5.86. The third-order valence-electron chi connectivity index (χ3n) is 1.52. The number of nitrogens with zero attached hydrogens (tertiary/aromatic N) is 2. The minimum absolute atomic E-state index is 0.372. The van der Waals surface area contributed by atoms with Crippen molar-refractivity contribution in [3.8, 4) is 5.69 Å². The highest BCUT2D eigenvalue weighted by molar-refractivity contribution is 5.30. The van der Waals surface area contributed by atoms with Gasteiger partial charge in [-0.05, 0) is 18.2 Å². The maximum Gasteiger partial charge on any atom is 0.133 e. The van der Waals surface area contributed by atoms with Crippen LogP contribution in [0.15, 0.2) is 36.7 Å². The molecule has 0 fully saturated rings. The van der Waals surface area contributed by atoms with E-state index >= 15 is 0 Å². The second-order valence-electron chi connectivity index (χ2n) is 2.35. The molecular formula is C9H6FN2. The molecule has 3 heteroatoms. The third kappa shape index (κ3) is 1.21. The first-order valence-corrected chi connectivity index (χ1v) is 3.53. The van der Waals surface area contributed by atoms with Gasteiger partial charge in [-0.15, -0.1) is 0 Å². The molecule has 1 aromatic heterocycles. The van der Waals surface area contributed by atoms with Crippen molar-refractivity contribution in [1.82, 2.24) is 9.78 Å². The molecule has 0 saturated carbocycles. The summed E-state index contributed by atoms with van der Waals surface area (Å²) >= 11 is 0. The fraction of sp³-hybridized carbons (Fsp3) is 0. The van der Waals surface area contributed by atoms with Crippen molar-refractivity contribution in [3.05, 3.63) is 48.5 Å². The highest BCUT2D eigenvalue weighted by Crippen LogP contribution is 2.06. The van der Waals surface area contributed by atoms with Crippen molar-refractivity contribution in [2.45, 2.75) is 0 Å². The summed E-state index contributed by atoms with van der Waals surface area (Å²) in [5.74, 6) is -0.372. The molecule has 0 atom stereocenters. The van der Waals surface area contributed by atoms with Crippen molar-refractivity contribution >= 4 is 0 Å². The van der Waals surface area contributed by atoms with Crippen LogP contribution in [0.4, 0.5) is 4.39 Å². The molecule has 2 nitrogen and oxygen atoms in total. The monoisotopic (exact) mass is 161 g/mol. The van der Waals surface area contributed by atoms with E-state index in [0.29, 0.717) is 5.69 Å². The summed E-state index contributed by atoms with van der Waals surface area (Å²) < 4.78 is 14.3. The first-order valence-electron chi connectivity index (χ1n) is 3.53. The molecule has 12 heavy (non-hydrogen) atoms. The molecule has 0 bridgehead atoms. The van der Waals surface area contributed by atoms with Gasteiger partial charge in [0, 0.05) is 24.5 Å². The van der Waals surface area contributed by atoms with Gasteiger partial charge in [-0.2, -0.15) is 5.10 Å². The van der Waals surface area contributed by atoms with E-state index in [4.69, 9.17) is 0 Å². The number of benzene rings is 1. The summed E-state index contributed by atoms with van der Waals surface area (Å²) in [6, 6.07) is 8.87. The Labute approximate surface area is 69.3 Å². The highest BCUT2D eigenvalue weighted by Gasteiger charge is 1.96. The van der Waals surface area contributed by atoms with Crippen molar-refractivity contribution < 1.29 is 4.39 Å². The molecule has 0 aliphatic heterocycles. The van der Waals surface area contributed by atoms with Crippen molar-refractivity contribution in [2.24, 2.45) is 0 Å². The predicted molar refractivity (Wildman–Crippen MR) is 42.4 cm³/mol. The maximum absolute atomic E-state index is 12.7. The summed E-state index contributed by atoms with van der Waals surface area (Å²) in [5.41, 5.74) is 0.705. The van der Waals surface area contributed by atoms with Gasteiger partial charge in [0.1, 0.15) is 5.82 Å². The zero-order valence-electron chi connectivity index (χ0n) is 6.24. The Hall–Kier alpha value is -1.64. The van der Waals surface area contributed by atoms with Crippen LogP contribution in [0.25, 0.3) is 5.69 Å². The Kier molecular flexibility index (Phi) is 1.63. The van der Waals surface area contributed by atoms with E-state index in [2.05, 4.69) is 11.2 Å². The number of hydrogen-bond donors (Lipinski definition) is 0. The van der Waals surface area contributed by atoms with Gasteiger partial charge in [0.2, 0.25) is 0 Å². The Balaban J connectivity index is 2.48. The van der Waals surface area contributed by atoms with E-state index in [0.717, 1.165) is 0 Å². The fourth-order valence-corrected chi connectivity index (χ4v) is 0.990. The van der Waals surface area contributed by atoms with Crippen molar-refractivity contribution in [2.75, 3.05) is 0 Å². The average molecular weight is 161 g/mol. The number of aromatic nitrogens is 2. The van der Waals surface area contributed by atoms with Crippen molar-refractivity contribution in [3.63, 3.8) is 0 Å². The van der Waals surface area contributed by atoms with Crippen LogP contribution in [0.5, 0.6) is 0 Å². The van der Waals surface area contributed by atoms with E-state index in [1.165, 1.54) is 12.1 Å². The van der Waals surface area contributed by atoms with E-state index in [-0.39, 0.29) is 5.82 Å². The smallest absolute Gasteiger partial charge is 0.133 e. The SMILES string of the molecule is Fc1[c]ccc(-n2cccn2)c1. The Morgan fingerprint density at radius 1 is 1.50 bits per heavy atom. The molecule has 0 saturated heterocycles. The molecule has 59 valence electrons. The molecule has 2 rings (SSSR count). The average Bonchev–Trinajstić information content (AvgIpc) is 2.56. The van der Waals surface area contributed by atoms with Crippen LogP contribution in [-0.2, 0) is 0 Å². The molecular weight excluding hydrogens is 155 g/mol. The molecule has 0 aliphatic rings. The molecule has 1 heterocycles. The van der Waals surface area contributed by atoms with Crippen LogP contribution < -0.4 is 0 Å². The standard InChI is InChI=1S/C9H6FN2/c10-8-3-1-4-9(7-8)12-6-2-5-11-12/h1-2,4-7H. The van der Waals surface area contributed by atoms with Crippen LogP contribution in [0.2, 0.25) is 0 Å². The van der Waals surface area contributed by atoms with E-state index in [1.54, 1.807) is 29.2 Å². The minimum atomic E-state index is -0.372. The molecule has 0 spiro atoms. The second kappa shape index (κ2) is 2.77. The zero-order valence-corrected chi connectivity index (χ0v) is 6.24. The van der Waals surface area contributed by atoms with Gasteiger partial charge in [0.25, 0.3) is 0 Å². The van der Waals surface area contributed by atoms with Crippen LogP contribution >= 0.6 is 0 Å². The lowest BCUT2D eigenvalue weighted by atomic mass is 10.3. The van der Waals surface area contributed by atoms with E-state index in [9.17, 15) is 4.39 Å². The highest BCUT2D eigenvalue weighted by atomic mass is 19.1. The van der Waals surface area contributed by atoms with Crippen LogP contribution in [-0.4, -0.2) is 9.78 Å². The molecule has 1 aromatic carbocycles. The predicted octanol–water partition coefficient (Wildman–Crippen LogP) is 1.81. The molecule has 1 radical (unpaired) electrons. The van der Waals surface area contributed by atoms with E-state index in [1.807, 2.05) is 0 Å². The Morgan fingerprint density at radius 3 is 3.08 bits per heavy atom. The van der Waals surface area contributed by atoms with Crippen LogP contribution in [0.1, 0.15) is 0 Å². The molecule has 0 aliphatic carbocycles. The normalized spacial score (nSPS) is 10.1. The van der Waals surface area contributed by atoms with Gasteiger partial charge in [-0.3, -0.25) is 0 Å². The summed E-state index contributed by atoms with van der Waals surface area (Å²) in [5, 5.41) is 3.96. The van der Waals surface area contributed by atoms with Gasteiger partial charge in [0.05, 0.1) is 5.69 Å². The number of hydrogen-bond acceptors (Lipinski definition) is 1. The summed E-state index contributed by atoms with van der Waals surface area (Å²) in [6.45, 7) is 0. The maximum atomic E-state index is 12.7. The fourth-order valence-electron chi connectivity index (χ4n) is 0.990. The zero-order chi connectivity index (χ0) is 8.39. The van der Waals surface area contributed by atoms with Gasteiger partial charge < -0.3 is 0 Å². The van der Waals surface area contributed by atoms with Crippen LogP contribution in [0.3, 0.4) is 0 Å². The van der Waals surface area contributed by atoms with Gasteiger partial charge in [-0.25, -0.2) is 9.07 Å². The summed E-state index contributed by atoms with van der Waals surface area (Å²) in [7, 11) is 0. The molecule has 0 N–H and O–H groups in total. The number of halogens is 1. The lowest BCUT2D eigenvalue weighted by Gasteiger charge is -1.98. The second-order valence-corrected chi connectivity index (χ2v) is 2.35. The first kappa shape index (κ1) is 7.03. The number of rotatable bonds is 1. The molecule has 2 aromatic rings. The lowest BCUT2D eigenvalue weighted by molar-refractivity contribution is 0.623. The molecule has 0 unspecified atom stereocenters. The minimum Gasteiger partial charge on any atom is -0.241 e. The topological polar surface area (TPSA) is 17.8 Å². The largest absolute Gasteiger partial charge is 0.241 e. The van der Waals surface area contributed by atoms with Crippen LogP contribution in [0, 0.1) is 11.9 Å². The third-order valence-corrected chi connectivity index (χ3v) is 1.52. The van der Waals surface area contributed by atoms with Gasteiger partial charge >= 0.3 is 0 Å².